The summed E-state index contributed by atoms with van der Waals surface area (Å²) < 4.78 is 4.91. The molecule has 0 heterocycles. The van der Waals surface area contributed by atoms with Gasteiger partial charge in [0.25, 0.3) is 0 Å². The van der Waals surface area contributed by atoms with Crippen molar-refractivity contribution >= 4 is 12.0 Å². The van der Waals surface area contributed by atoms with E-state index >= 15 is 0 Å². The van der Waals surface area contributed by atoms with Crippen LogP contribution in [0.25, 0.3) is 0 Å². The van der Waals surface area contributed by atoms with Gasteiger partial charge in [-0.15, -0.1) is 0 Å². The second kappa shape index (κ2) is 4.80. The molecular weight excluding hydrogens is 186 g/mol. The van der Waals surface area contributed by atoms with Gasteiger partial charge in [-0.1, -0.05) is 0 Å². The molecule has 14 heavy (non-hydrogen) atoms. The van der Waals surface area contributed by atoms with Crippen molar-refractivity contribution in [1.82, 2.24) is 5.32 Å². The van der Waals surface area contributed by atoms with Gasteiger partial charge < -0.3 is 21.5 Å². The van der Waals surface area contributed by atoms with E-state index in [0.717, 1.165) is 0 Å². The number of nitrogens with two attached hydrogens (primary N) is 2. The lowest BCUT2D eigenvalue weighted by molar-refractivity contribution is -0.119. The van der Waals surface area contributed by atoms with E-state index in [-0.39, 0.29) is 6.54 Å². The van der Waals surface area contributed by atoms with E-state index in [2.05, 4.69) is 5.32 Å². The summed E-state index contributed by atoms with van der Waals surface area (Å²) in [5.74, 6) is -0.666. The van der Waals surface area contributed by atoms with Gasteiger partial charge in [-0.05, 0) is 20.8 Å². The van der Waals surface area contributed by atoms with Crippen LogP contribution < -0.4 is 16.8 Å². The predicted molar refractivity (Wildman–Crippen MR) is 51.4 cm³/mol. The van der Waals surface area contributed by atoms with Crippen LogP contribution in [0.4, 0.5) is 4.79 Å². The van der Waals surface area contributed by atoms with Gasteiger partial charge in [0.05, 0.1) is 0 Å². The zero-order valence-electron chi connectivity index (χ0n) is 8.66. The highest BCUT2D eigenvalue weighted by atomic mass is 16.6. The lowest BCUT2D eigenvalue weighted by atomic mass is 10.2. The first-order chi connectivity index (χ1) is 6.22. The molecule has 0 saturated carbocycles. The number of rotatable bonds is 3. The third kappa shape index (κ3) is 6.24. The first-order valence-electron chi connectivity index (χ1n) is 4.24. The van der Waals surface area contributed by atoms with Gasteiger partial charge in [-0.25, -0.2) is 4.79 Å². The average Bonchev–Trinajstić information content (AvgIpc) is 1.96. The van der Waals surface area contributed by atoms with E-state index < -0.39 is 23.6 Å². The molecule has 0 aromatic heterocycles. The zero-order valence-corrected chi connectivity index (χ0v) is 8.66. The van der Waals surface area contributed by atoms with Gasteiger partial charge in [0, 0.05) is 6.54 Å². The van der Waals surface area contributed by atoms with Crippen LogP contribution >= 0.6 is 0 Å². The van der Waals surface area contributed by atoms with Crippen molar-refractivity contribution in [3.05, 3.63) is 0 Å². The molecule has 2 amide bonds. The van der Waals surface area contributed by atoms with Gasteiger partial charge in [-0.2, -0.15) is 0 Å². The van der Waals surface area contributed by atoms with Crippen LogP contribution in [0.3, 0.4) is 0 Å². The molecule has 5 N–H and O–H groups in total. The Morgan fingerprint density at radius 3 is 2.29 bits per heavy atom. The fourth-order valence-electron chi connectivity index (χ4n) is 0.608. The second-order valence-corrected chi connectivity index (χ2v) is 3.89. The van der Waals surface area contributed by atoms with Crippen LogP contribution in [-0.2, 0) is 9.53 Å². The summed E-state index contributed by atoms with van der Waals surface area (Å²) >= 11 is 0. The molecule has 6 nitrogen and oxygen atoms in total. The Balaban J connectivity index is 3.81. The van der Waals surface area contributed by atoms with Gasteiger partial charge in [0.1, 0.15) is 11.6 Å². The number of carbonyl (C=O) groups excluding carboxylic acids is 2. The number of amides is 2. The minimum Gasteiger partial charge on any atom is -0.444 e. The molecule has 0 bridgehead atoms. The number of hydrogen-bond donors (Lipinski definition) is 3. The number of alkyl carbamates (subject to hydrolysis) is 1. The summed E-state index contributed by atoms with van der Waals surface area (Å²) in [6.45, 7) is 5.19. The van der Waals surface area contributed by atoms with Crippen LogP contribution in [0.5, 0.6) is 0 Å². The number of carbonyl (C=O) groups is 2. The molecule has 0 unspecified atom stereocenters. The molecule has 0 aromatic rings. The second-order valence-electron chi connectivity index (χ2n) is 3.89. The number of ether oxygens (including phenoxy) is 1. The van der Waals surface area contributed by atoms with Gasteiger partial charge >= 0.3 is 6.09 Å². The quantitative estimate of drug-likeness (QED) is 0.565. The van der Waals surface area contributed by atoms with Crippen LogP contribution in [0.1, 0.15) is 20.8 Å². The van der Waals surface area contributed by atoms with Crippen LogP contribution in [-0.4, -0.2) is 30.2 Å². The van der Waals surface area contributed by atoms with Crippen molar-refractivity contribution in [2.75, 3.05) is 6.54 Å². The number of hydrogen-bond acceptors (Lipinski definition) is 4. The lowest BCUT2D eigenvalue weighted by Crippen LogP contribution is -2.46. The van der Waals surface area contributed by atoms with Crippen molar-refractivity contribution in [1.29, 1.82) is 0 Å². The summed E-state index contributed by atoms with van der Waals surface area (Å²) in [5.41, 5.74) is 9.61. The van der Waals surface area contributed by atoms with Crippen LogP contribution in [0.15, 0.2) is 0 Å². The maximum atomic E-state index is 11.0. The molecule has 0 aliphatic rings. The summed E-state index contributed by atoms with van der Waals surface area (Å²) in [4.78, 5) is 21.5. The topological polar surface area (TPSA) is 107 Å². The third-order valence-electron chi connectivity index (χ3n) is 1.23. The van der Waals surface area contributed by atoms with Crippen LogP contribution in [0, 0.1) is 0 Å². The molecule has 1 atom stereocenters. The summed E-state index contributed by atoms with van der Waals surface area (Å²) in [5, 5.41) is 2.33. The van der Waals surface area contributed by atoms with Crippen molar-refractivity contribution in [2.45, 2.75) is 32.4 Å². The Labute approximate surface area is 83.0 Å². The highest BCUT2D eigenvalue weighted by Crippen LogP contribution is 2.06. The molecule has 0 aliphatic carbocycles. The molecule has 0 aromatic carbocycles. The molecule has 0 spiro atoms. The molecule has 0 aliphatic heterocycles. The molecule has 0 fully saturated rings. The van der Waals surface area contributed by atoms with Gasteiger partial charge in [0.15, 0.2) is 0 Å². The summed E-state index contributed by atoms with van der Waals surface area (Å²) in [6, 6.07) is -0.887. The first-order valence-corrected chi connectivity index (χ1v) is 4.24. The van der Waals surface area contributed by atoms with E-state index in [1.807, 2.05) is 0 Å². The largest absolute Gasteiger partial charge is 0.444 e. The Kier molecular flexibility index (Phi) is 4.36. The minimum atomic E-state index is -0.887. The molecule has 0 saturated heterocycles. The SMILES string of the molecule is CC(C)(C)OC(=O)NC[C@H](N)C(N)=O. The van der Waals surface area contributed by atoms with E-state index in [9.17, 15) is 9.59 Å². The molecule has 0 radical (unpaired) electrons. The third-order valence-corrected chi connectivity index (χ3v) is 1.23. The van der Waals surface area contributed by atoms with Crippen LogP contribution in [0.2, 0.25) is 0 Å². The minimum absolute atomic E-state index is 0.0236. The average molecular weight is 203 g/mol. The Morgan fingerprint density at radius 2 is 1.93 bits per heavy atom. The summed E-state index contributed by atoms with van der Waals surface area (Å²) in [7, 11) is 0. The van der Waals surface area contributed by atoms with Crippen molar-refractivity contribution < 1.29 is 14.3 Å². The van der Waals surface area contributed by atoms with Crippen molar-refractivity contribution in [2.24, 2.45) is 11.5 Å². The molecule has 82 valence electrons. The lowest BCUT2D eigenvalue weighted by Gasteiger charge is -2.20. The number of nitrogens with one attached hydrogen (secondary N) is 1. The maximum absolute atomic E-state index is 11.0. The Hall–Kier alpha value is -1.30. The molecule has 0 rings (SSSR count). The fourth-order valence-corrected chi connectivity index (χ4v) is 0.608. The summed E-state index contributed by atoms with van der Waals surface area (Å²) in [6.07, 6.45) is -0.616. The first kappa shape index (κ1) is 12.7. The Bertz CT molecular complexity index is 222. The maximum Gasteiger partial charge on any atom is 0.407 e. The van der Waals surface area contributed by atoms with Gasteiger partial charge in [0.2, 0.25) is 5.91 Å². The zero-order chi connectivity index (χ0) is 11.4. The smallest absolute Gasteiger partial charge is 0.407 e. The van der Waals surface area contributed by atoms with E-state index in [0.29, 0.717) is 0 Å². The normalized spacial score (nSPS) is 13.1. The highest BCUT2D eigenvalue weighted by molar-refractivity contribution is 5.80. The molecular formula is C8H17N3O3. The monoisotopic (exact) mass is 203 g/mol. The van der Waals surface area contributed by atoms with E-state index in [1.165, 1.54) is 0 Å². The predicted octanol–water partition coefficient (Wildman–Crippen LogP) is -0.676. The Morgan fingerprint density at radius 1 is 1.43 bits per heavy atom. The number of primary amides is 1. The van der Waals surface area contributed by atoms with E-state index in [4.69, 9.17) is 16.2 Å². The standard InChI is InChI=1S/C8H17N3O3/c1-8(2,3)14-7(13)11-4-5(9)6(10)12/h5H,4,9H2,1-3H3,(H2,10,12)(H,11,13)/t5-/m0/s1. The van der Waals surface area contributed by atoms with Gasteiger partial charge in [-0.3, -0.25) is 4.79 Å². The van der Waals surface area contributed by atoms with E-state index in [1.54, 1.807) is 20.8 Å². The highest BCUT2D eigenvalue weighted by Gasteiger charge is 2.17. The van der Waals surface area contributed by atoms with Crippen molar-refractivity contribution in [3.8, 4) is 0 Å². The fraction of sp³-hybridized carbons (Fsp3) is 0.750. The molecule has 6 heteroatoms. The van der Waals surface area contributed by atoms with Crippen molar-refractivity contribution in [3.63, 3.8) is 0 Å².